The number of aromatic nitrogens is 3. The van der Waals surface area contributed by atoms with Gasteiger partial charge in [0.25, 0.3) is 0 Å². The maximum atomic E-state index is 14.6. The second-order valence-electron chi connectivity index (χ2n) is 11.1. The molecule has 11 heteroatoms. The number of aliphatic hydroxyl groups excluding tert-OH is 1. The SMILES string of the molecule is CC[C@H](C)[C@H](CO)N1C(=O)[C@@H]2[C@H]3C(=O)OCC=C[C@@]3(C)S[C@@]23C=CCN(Cn2nnc4ccccc42)C(=O)C13. The Labute approximate surface area is 231 Å². The highest BCUT2D eigenvalue weighted by atomic mass is 32.2. The summed E-state index contributed by atoms with van der Waals surface area (Å²) in [4.78, 5) is 45.6. The van der Waals surface area contributed by atoms with E-state index >= 15 is 0 Å². The van der Waals surface area contributed by atoms with Crippen LogP contribution in [0.3, 0.4) is 0 Å². The molecule has 2 aromatic rings. The lowest BCUT2D eigenvalue weighted by Gasteiger charge is -2.41. The maximum absolute atomic E-state index is 14.6. The molecule has 5 heterocycles. The third-order valence-corrected chi connectivity index (χ3v) is 10.7. The summed E-state index contributed by atoms with van der Waals surface area (Å²) in [5.74, 6) is -2.54. The number of carbonyl (C=O) groups excluding carboxylic acids is 3. The van der Waals surface area contributed by atoms with Gasteiger partial charge in [-0.1, -0.05) is 55.8 Å². The van der Waals surface area contributed by atoms with E-state index in [2.05, 4.69) is 10.3 Å². The summed E-state index contributed by atoms with van der Waals surface area (Å²) in [5.41, 5.74) is 1.53. The van der Waals surface area contributed by atoms with Crippen molar-refractivity contribution in [1.82, 2.24) is 24.8 Å². The second-order valence-corrected chi connectivity index (χ2v) is 12.9. The van der Waals surface area contributed by atoms with E-state index < -0.39 is 39.4 Å². The Morgan fingerprint density at radius 3 is 2.72 bits per heavy atom. The number of esters is 1. The highest BCUT2D eigenvalue weighted by Crippen LogP contribution is 2.65. The van der Waals surface area contributed by atoms with Gasteiger partial charge in [-0.3, -0.25) is 14.4 Å². The molecule has 6 rings (SSSR count). The number of fused-ring (bicyclic) bond motifs is 3. The van der Waals surface area contributed by atoms with Crippen molar-refractivity contribution < 1.29 is 24.2 Å². The molecule has 4 aliphatic rings. The quantitative estimate of drug-likeness (QED) is 0.428. The van der Waals surface area contributed by atoms with Crippen LogP contribution in [0.1, 0.15) is 27.2 Å². The summed E-state index contributed by atoms with van der Waals surface area (Å²) in [7, 11) is 0. The first-order chi connectivity index (χ1) is 18.8. The number of nitrogens with zero attached hydrogens (tertiary/aromatic N) is 5. The first-order valence-electron chi connectivity index (χ1n) is 13.5. The van der Waals surface area contributed by atoms with Gasteiger partial charge in [0.1, 0.15) is 24.8 Å². The molecule has 2 saturated heterocycles. The van der Waals surface area contributed by atoms with Crippen LogP contribution in [0.2, 0.25) is 0 Å². The van der Waals surface area contributed by atoms with E-state index in [9.17, 15) is 19.5 Å². The maximum Gasteiger partial charge on any atom is 0.311 e. The first kappa shape index (κ1) is 26.1. The number of ether oxygens (including phenoxy) is 1. The number of amides is 2. The Hall–Kier alpha value is -3.18. The zero-order valence-electron chi connectivity index (χ0n) is 22.3. The Bertz CT molecular complexity index is 1390. The molecule has 2 amide bonds. The van der Waals surface area contributed by atoms with Crippen LogP contribution in [0, 0.1) is 17.8 Å². The Morgan fingerprint density at radius 1 is 1.15 bits per heavy atom. The van der Waals surface area contributed by atoms with Crippen LogP contribution in [-0.4, -0.2) is 89.0 Å². The minimum absolute atomic E-state index is 0.0556. The number of rotatable bonds is 6. The van der Waals surface area contributed by atoms with E-state index in [0.717, 1.165) is 17.5 Å². The second kappa shape index (κ2) is 9.48. The third-order valence-electron chi connectivity index (χ3n) is 8.90. The Kier molecular flexibility index (Phi) is 6.33. The predicted octanol–water partition coefficient (Wildman–Crippen LogP) is 1.99. The summed E-state index contributed by atoms with van der Waals surface area (Å²) in [5, 5.41) is 19.0. The summed E-state index contributed by atoms with van der Waals surface area (Å²) in [6.07, 6.45) is 8.38. The molecule has 1 N–H and O–H groups in total. The van der Waals surface area contributed by atoms with Crippen molar-refractivity contribution in [3.05, 3.63) is 48.6 Å². The number of benzene rings is 1. The fourth-order valence-electron chi connectivity index (χ4n) is 6.82. The number of likely N-dealkylation sites (tertiary alicyclic amines) is 1. The van der Waals surface area contributed by atoms with Crippen LogP contribution in [0.5, 0.6) is 0 Å². The highest BCUT2D eigenvalue weighted by molar-refractivity contribution is 8.02. The van der Waals surface area contributed by atoms with Crippen molar-refractivity contribution in [1.29, 1.82) is 0 Å². The Balaban J connectivity index is 1.47. The number of hydrogen-bond acceptors (Lipinski definition) is 8. The van der Waals surface area contributed by atoms with Gasteiger partial charge in [-0.15, -0.1) is 16.9 Å². The van der Waals surface area contributed by atoms with Crippen LogP contribution in [0.4, 0.5) is 0 Å². The van der Waals surface area contributed by atoms with E-state index in [1.807, 2.05) is 69.3 Å². The third kappa shape index (κ3) is 3.76. The molecule has 0 aliphatic carbocycles. The molecule has 7 atom stereocenters. The molecular formula is C28H33N5O5S. The predicted molar refractivity (Wildman–Crippen MR) is 145 cm³/mol. The van der Waals surface area contributed by atoms with Crippen LogP contribution in [0.15, 0.2) is 48.6 Å². The topological polar surface area (TPSA) is 118 Å². The molecule has 206 valence electrons. The van der Waals surface area contributed by atoms with Crippen LogP contribution < -0.4 is 0 Å². The molecule has 2 fully saturated rings. The lowest BCUT2D eigenvalue weighted by atomic mass is 9.75. The lowest BCUT2D eigenvalue weighted by molar-refractivity contribution is -0.153. The van der Waals surface area contributed by atoms with Crippen LogP contribution in [0.25, 0.3) is 11.0 Å². The van der Waals surface area contributed by atoms with Crippen molar-refractivity contribution >= 4 is 40.6 Å². The van der Waals surface area contributed by atoms with Gasteiger partial charge < -0.3 is 19.6 Å². The summed E-state index contributed by atoms with van der Waals surface area (Å²) in [6, 6.07) is 6.09. The van der Waals surface area contributed by atoms with E-state index in [-0.39, 0.29) is 37.6 Å². The zero-order valence-corrected chi connectivity index (χ0v) is 23.1. The first-order valence-corrected chi connectivity index (χ1v) is 14.3. The average Bonchev–Trinajstić information content (AvgIpc) is 3.45. The molecule has 1 aromatic heterocycles. The molecule has 10 nitrogen and oxygen atoms in total. The van der Waals surface area contributed by atoms with E-state index in [1.54, 1.807) is 14.5 Å². The molecular weight excluding hydrogens is 518 g/mol. The average molecular weight is 552 g/mol. The smallest absolute Gasteiger partial charge is 0.311 e. The number of para-hydroxylation sites is 1. The van der Waals surface area contributed by atoms with E-state index in [4.69, 9.17) is 4.74 Å². The van der Waals surface area contributed by atoms with Crippen molar-refractivity contribution in [2.45, 2.75) is 55.4 Å². The van der Waals surface area contributed by atoms with Gasteiger partial charge in [0, 0.05) is 11.3 Å². The normalized spacial score (nSPS) is 33.4. The van der Waals surface area contributed by atoms with Gasteiger partial charge in [0.15, 0.2) is 0 Å². The monoisotopic (exact) mass is 551 g/mol. The number of aliphatic hydroxyl groups is 1. The van der Waals surface area contributed by atoms with Gasteiger partial charge >= 0.3 is 5.97 Å². The molecule has 0 saturated carbocycles. The summed E-state index contributed by atoms with van der Waals surface area (Å²) >= 11 is 1.50. The van der Waals surface area contributed by atoms with E-state index in [1.165, 1.54) is 11.8 Å². The summed E-state index contributed by atoms with van der Waals surface area (Å²) in [6.45, 7) is 6.29. The zero-order chi connectivity index (χ0) is 27.5. The lowest BCUT2D eigenvalue weighted by Crippen LogP contribution is -2.58. The molecule has 1 spiro atoms. The van der Waals surface area contributed by atoms with Gasteiger partial charge in [0.2, 0.25) is 11.8 Å². The fraction of sp³-hybridized carbons (Fsp3) is 0.536. The van der Waals surface area contributed by atoms with Crippen LogP contribution in [-0.2, 0) is 25.8 Å². The summed E-state index contributed by atoms with van der Waals surface area (Å²) < 4.78 is 5.47. The van der Waals surface area contributed by atoms with Crippen molar-refractivity contribution in [2.24, 2.45) is 17.8 Å². The largest absolute Gasteiger partial charge is 0.461 e. The Morgan fingerprint density at radius 2 is 1.95 bits per heavy atom. The fourth-order valence-corrected chi connectivity index (χ4v) is 8.96. The molecule has 0 bridgehead atoms. The minimum Gasteiger partial charge on any atom is -0.461 e. The number of carbonyl (C=O) groups is 3. The molecule has 39 heavy (non-hydrogen) atoms. The standard InChI is InChI=1S/C28H33N5O5S/c1-4-17(2)20(15-34)33-23-25(36)31(16-32-19-10-6-5-9-18(19)29-30-32)13-7-12-28(23)21(24(33)35)22-26(37)38-14-8-11-27(22,3)39-28/h5-12,17,20-23,34H,4,13-16H2,1-3H3/t17-,20-,21-,22-,23?,27+,28-/m0/s1. The minimum atomic E-state index is -0.992. The van der Waals surface area contributed by atoms with Crippen molar-refractivity contribution in [2.75, 3.05) is 19.8 Å². The number of thioether (sulfide) groups is 1. The van der Waals surface area contributed by atoms with Crippen molar-refractivity contribution in [3.63, 3.8) is 0 Å². The van der Waals surface area contributed by atoms with Gasteiger partial charge in [0.05, 0.1) is 34.7 Å². The molecule has 1 unspecified atom stereocenters. The molecule has 1 aromatic carbocycles. The van der Waals surface area contributed by atoms with Crippen molar-refractivity contribution in [3.8, 4) is 0 Å². The number of cyclic esters (lactones) is 1. The molecule has 0 radical (unpaired) electrons. The van der Waals surface area contributed by atoms with Crippen LogP contribution >= 0.6 is 11.8 Å². The number of hydrogen-bond donors (Lipinski definition) is 1. The van der Waals surface area contributed by atoms with Gasteiger partial charge in [-0.05, 0) is 31.1 Å². The van der Waals surface area contributed by atoms with Gasteiger partial charge in [-0.25, -0.2) is 4.68 Å². The molecule has 4 aliphatic heterocycles. The van der Waals surface area contributed by atoms with E-state index in [0.29, 0.717) is 6.54 Å². The van der Waals surface area contributed by atoms with Gasteiger partial charge in [-0.2, -0.15) is 0 Å². The highest BCUT2D eigenvalue weighted by Gasteiger charge is 2.74.